The van der Waals surface area contributed by atoms with E-state index >= 15 is 0 Å². The smallest absolute Gasteiger partial charge is 0.00447 e. The summed E-state index contributed by atoms with van der Waals surface area (Å²) in [5.41, 5.74) is 0. The highest BCUT2D eigenvalue weighted by Gasteiger charge is 1.87. The van der Waals surface area contributed by atoms with E-state index in [1.54, 1.807) is 6.20 Å². The van der Waals surface area contributed by atoms with E-state index in [0.29, 0.717) is 0 Å². The molecular weight excluding hydrogens is 98.1 g/mol. The quantitative estimate of drug-likeness (QED) is 0.494. The first kappa shape index (κ1) is 5.16. The molecule has 0 fully saturated rings. The van der Waals surface area contributed by atoms with E-state index in [1.165, 1.54) is 0 Å². The van der Waals surface area contributed by atoms with Crippen molar-refractivity contribution in [1.29, 1.82) is 0 Å². The summed E-state index contributed by atoms with van der Waals surface area (Å²) in [6.45, 7) is 3.61. The molecule has 0 unspecified atom stereocenters. The van der Waals surface area contributed by atoms with Crippen molar-refractivity contribution >= 4 is 0 Å². The molecule has 42 valence electrons. The van der Waals surface area contributed by atoms with Crippen molar-refractivity contribution in [1.82, 2.24) is 4.90 Å². The van der Waals surface area contributed by atoms with Crippen LogP contribution in [-0.2, 0) is 0 Å². The lowest BCUT2D eigenvalue weighted by Gasteiger charge is -2.10. The molecule has 0 saturated heterocycles. The second-order valence-electron chi connectivity index (χ2n) is 1.64. The van der Waals surface area contributed by atoms with Crippen LogP contribution in [0.2, 0.25) is 0 Å². The Morgan fingerprint density at radius 2 is 2.00 bits per heavy atom. The molecule has 0 atom stereocenters. The third kappa shape index (κ3) is 0.997. The van der Waals surface area contributed by atoms with Crippen molar-refractivity contribution in [2.75, 3.05) is 0 Å². The van der Waals surface area contributed by atoms with E-state index in [4.69, 9.17) is 0 Å². The average molecular weight is 107 g/mol. The van der Waals surface area contributed by atoms with Crippen molar-refractivity contribution in [3.63, 3.8) is 0 Å². The van der Waals surface area contributed by atoms with Gasteiger partial charge in [-0.2, -0.15) is 0 Å². The van der Waals surface area contributed by atoms with Gasteiger partial charge in [0, 0.05) is 18.6 Å². The van der Waals surface area contributed by atoms with Crippen molar-refractivity contribution < 1.29 is 0 Å². The van der Waals surface area contributed by atoms with Crippen molar-refractivity contribution in [2.24, 2.45) is 0 Å². The molecular formula is C7H9N. The molecule has 1 heteroatoms. The first-order valence-corrected chi connectivity index (χ1v) is 2.67. The zero-order valence-electron chi connectivity index (χ0n) is 4.75. The SMILES string of the molecule is C=CN1C=CCC=C1. The van der Waals surface area contributed by atoms with Crippen LogP contribution in [0, 0.1) is 0 Å². The summed E-state index contributed by atoms with van der Waals surface area (Å²) >= 11 is 0. The lowest BCUT2D eigenvalue weighted by molar-refractivity contribution is 0.679. The molecule has 1 nitrogen and oxygen atoms in total. The second kappa shape index (κ2) is 2.36. The summed E-state index contributed by atoms with van der Waals surface area (Å²) in [4.78, 5) is 1.92. The van der Waals surface area contributed by atoms with Crippen LogP contribution < -0.4 is 0 Å². The average Bonchev–Trinajstić information content (AvgIpc) is 1.90. The molecule has 0 N–H and O–H groups in total. The molecule has 0 radical (unpaired) electrons. The van der Waals surface area contributed by atoms with E-state index in [2.05, 4.69) is 18.7 Å². The normalized spacial score (nSPS) is 16.8. The van der Waals surface area contributed by atoms with Gasteiger partial charge in [-0.3, -0.25) is 0 Å². The van der Waals surface area contributed by atoms with E-state index < -0.39 is 0 Å². The Hall–Kier alpha value is -0.980. The number of rotatable bonds is 1. The van der Waals surface area contributed by atoms with E-state index in [0.717, 1.165) is 6.42 Å². The summed E-state index contributed by atoms with van der Waals surface area (Å²) in [5.74, 6) is 0. The van der Waals surface area contributed by atoms with Gasteiger partial charge in [-0.25, -0.2) is 0 Å². The van der Waals surface area contributed by atoms with Crippen LogP contribution in [0.3, 0.4) is 0 Å². The minimum atomic E-state index is 1.05. The maximum atomic E-state index is 3.61. The van der Waals surface area contributed by atoms with Crippen LogP contribution >= 0.6 is 0 Å². The standard InChI is InChI=1S/C7H9N/c1-2-8-6-4-3-5-7-8/h2,4-7H,1,3H2. The van der Waals surface area contributed by atoms with Crippen LogP contribution in [0.15, 0.2) is 37.3 Å². The Kier molecular flexibility index (Phi) is 1.52. The Morgan fingerprint density at radius 3 is 2.38 bits per heavy atom. The zero-order chi connectivity index (χ0) is 5.82. The first-order valence-electron chi connectivity index (χ1n) is 2.67. The minimum Gasteiger partial charge on any atom is -0.332 e. The summed E-state index contributed by atoms with van der Waals surface area (Å²) in [6, 6.07) is 0. The van der Waals surface area contributed by atoms with Gasteiger partial charge in [-0.05, 0) is 6.42 Å². The summed E-state index contributed by atoms with van der Waals surface area (Å²) in [7, 11) is 0. The molecule has 1 aliphatic heterocycles. The zero-order valence-corrected chi connectivity index (χ0v) is 4.75. The lowest BCUT2D eigenvalue weighted by Crippen LogP contribution is -1.99. The fourth-order valence-corrected chi connectivity index (χ4v) is 0.615. The van der Waals surface area contributed by atoms with Crippen LogP contribution in [0.1, 0.15) is 6.42 Å². The predicted octanol–water partition coefficient (Wildman–Crippen LogP) is 1.86. The Morgan fingerprint density at radius 1 is 1.38 bits per heavy atom. The Balaban J connectivity index is 2.54. The van der Waals surface area contributed by atoms with Gasteiger partial charge in [0.05, 0.1) is 0 Å². The van der Waals surface area contributed by atoms with Crippen LogP contribution in [0.25, 0.3) is 0 Å². The van der Waals surface area contributed by atoms with E-state index in [9.17, 15) is 0 Å². The maximum Gasteiger partial charge on any atom is 0.00447 e. The third-order valence-electron chi connectivity index (χ3n) is 1.04. The molecule has 1 rings (SSSR count). The van der Waals surface area contributed by atoms with Crippen LogP contribution in [0.4, 0.5) is 0 Å². The van der Waals surface area contributed by atoms with E-state index in [1.807, 2.05) is 17.3 Å². The van der Waals surface area contributed by atoms with Gasteiger partial charge in [0.1, 0.15) is 0 Å². The van der Waals surface area contributed by atoms with Gasteiger partial charge in [0.25, 0.3) is 0 Å². The lowest BCUT2D eigenvalue weighted by atomic mass is 10.3. The fourth-order valence-electron chi connectivity index (χ4n) is 0.615. The maximum absolute atomic E-state index is 3.61. The van der Waals surface area contributed by atoms with Crippen molar-refractivity contribution in [2.45, 2.75) is 6.42 Å². The topological polar surface area (TPSA) is 3.24 Å². The molecule has 0 amide bonds. The van der Waals surface area contributed by atoms with Crippen molar-refractivity contribution in [3.05, 3.63) is 37.3 Å². The molecule has 0 bridgehead atoms. The molecule has 0 aromatic carbocycles. The molecule has 0 aromatic rings. The van der Waals surface area contributed by atoms with Gasteiger partial charge >= 0.3 is 0 Å². The van der Waals surface area contributed by atoms with Gasteiger partial charge in [-0.1, -0.05) is 18.7 Å². The number of hydrogen-bond acceptors (Lipinski definition) is 1. The van der Waals surface area contributed by atoms with Crippen molar-refractivity contribution in [3.8, 4) is 0 Å². The minimum absolute atomic E-state index is 1.05. The highest BCUT2D eigenvalue weighted by atomic mass is 15.1. The highest BCUT2D eigenvalue weighted by Crippen LogP contribution is 2.00. The molecule has 1 aliphatic rings. The molecule has 0 aliphatic carbocycles. The van der Waals surface area contributed by atoms with Crippen LogP contribution in [0.5, 0.6) is 0 Å². The second-order valence-corrected chi connectivity index (χ2v) is 1.64. The summed E-state index contributed by atoms with van der Waals surface area (Å²) < 4.78 is 0. The first-order chi connectivity index (χ1) is 3.93. The van der Waals surface area contributed by atoms with Gasteiger partial charge in [0.2, 0.25) is 0 Å². The number of nitrogens with zero attached hydrogens (tertiary/aromatic N) is 1. The fraction of sp³-hybridized carbons (Fsp3) is 0.143. The molecule has 1 heterocycles. The predicted molar refractivity (Wildman–Crippen MR) is 34.9 cm³/mol. The molecule has 8 heavy (non-hydrogen) atoms. The Labute approximate surface area is 49.6 Å². The largest absolute Gasteiger partial charge is 0.332 e. The van der Waals surface area contributed by atoms with E-state index in [-0.39, 0.29) is 0 Å². The third-order valence-corrected chi connectivity index (χ3v) is 1.04. The molecule has 0 aromatic heterocycles. The van der Waals surface area contributed by atoms with Crippen LogP contribution in [-0.4, -0.2) is 4.90 Å². The molecule has 0 saturated carbocycles. The van der Waals surface area contributed by atoms with Gasteiger partial charge in [-0.15, -0.1) is 0 Å². The highest BCUT2D eigenvalue weighted by molar-refractivity contribution is 5.04. The number of hydrogen-bond donors (Lipinski definition) is 0. The number of allylic oxidation sites excluding steroid dienone is 2. The summed E-state index contributed by atoms with van der Waals surface area (Å²) in [6.07, 6.45) is 11.0. The Bertz CT molecular complexity index is 121. The monoisotopic (exact) mass is 107 g/mol. The molecule has 0 spiro atoms. The summed E-state index contributed by atoms with van der Waals surface area (Å²) in [5, 5.41) is 0. The van der Waals surface area contributed by atoms with Gasteiger partial charge in [0.15, 0.2) is 0 Å². The van der Waals surface area contributed by atoms with Gasteiger partial charge < -0.3 is 4.90 Å².